The number of carbonyl (C=O) groups excluding carboxylic acids is 4. The van der Waals surface area contributed by atoms with Gasteiger partial charge in [-0.05, 0) is 30.5 Å². The smallest absolute Gasteiger partial charge is 0.326 e. The van der Waals surface area contributed by atoms with Gasteiger partial charge in [0.05, 0.1) is 6.04 Å². The first-order chi connectivity index (χ1) is 17.3. The zero-order chi connectivity index (χ0) is 28.1. The van der Waals surface area contributed by atoms with Crippen LogP contribution >= 0.6 is 12.6 Å². The molecule has 0 spiro atoms. The minimum absolute atomic E-state index is 0.0487. The number of carboxylic acids is 2. The maximum atomic E-state index is 13.0. The van der Waals surface area contributed by atoms with Crippen LogP contribution in [0.25, 0.3) is 0 Å². The van der Waals surface area contributed by atoms with E-state index in [0.717, 1.165) is 0 Å². The van der Waals surface area contributed by atoms with Crippen molar-refractivity contribution in [1.82, 2.24) is 16.0 Å². The first-order valence-electron chi connectivity index (χ1n) is 11.1. The molecule has 0 aliphatic rings. The minimum Gasteiger partial charge on any atom is -0.508 e. The van der Waals surface area contributed by atoms with Gasteiger partial charge in [0.1, 0.15) is 23.9 Å². The van der Waals surface area contributed by atoms with Gasteiger partial charge in [-0.3, -0.25) is 24.0 Å². The molecular weight excluding hydrogens is 510 g/mol. The number of amides is 4. The van der Waals surface area contributed by atoms with Gasteiger partial charge >= 0.3 is 11.9 Å². The lowest BCUT2D eigenvalue weighted by molar-refractivity contribution is -0.142. The molecule has 204 valence electrons. The summed E-state index contributed by atoms with van der Waals surface area (Å²) in [5, 5.41) is 34.9. The average molecular weight is 542 g/mol. The van der Waals surface area contributed by atoms with Crippen LogP contribution in [-0.2, 0) is 35.2 Å². The Bertz CT molecular complexity index is 989. The standard InChI is InChI=1S/C22H31N5O9S/c23-13(10-37)19(32)25-14(6-8-18(30)31)20(33)27-16(9-11-1-3-12(28)4-2-11)21(34)26-15(22(35)36)5-7-17(24)29/h1-4,13-16,28,37H,5-10,23H2,(H2,24,29)(H,25,32)(H,26,34)(H,27,33)(H,30,31)(H,35,36). The van der Waals surface area contributed by atoms with E-state index in [2.05, 4.69) is 28.6 Å². The lowest BCUT2D eigenvalue weighted by Gasteiger charge is -2.25. The quantitative estimate of drug-likeness (QED) is 0.103. The van der Waals surface area contributed by atoms with Crippen LogP contribution in [0.4, 0.5) is 0 Å². The largest absolute Gasteiger partial charge is 0.508 e. The van der Waals surface area contributed by atoms with Gasteiger partial charge in [0.25, 0.3) is 0 Å². The van der Waals surface area contributed by atoms with E-state index in [0.29, 0.717) is 5.56 Å². The molecule has 37 heavy (non-hydrogen) atoms. The van der Waals surface area contributed by atoms with Crippen LogP contribution < -0.4 is 27.4 Å². The molecule has 0 aliphatic heterocycles. The monoisotopic (exact) mass is 541 g/mol. The number of phenolic OH excluding ortho intramolecular Hbond substituents is 1. The van der Waals surface area contributed by atoms with E-state index < -0.39 is 66.2 Å². The molecule has 0 bridgehead atoms. The van der Waals surface area contributed by atoms with Gasteiger partial charge in [-0.2, -0.15) is 12.6 Å². The van der Waals surface area contributed by atoms with Gasteiger partial charge in [-0.15, -0.1) is 0 Å². The van der Waals surface area contributed by atoms with Gasteiger partial charge < -0.3 is 42.7 Å². The van der Waals surface area contributed by atoms with Crippen LogP contribution in [0.15, 0.2) is 24.3 Å². The number of hydrogen-bond donors (Lipinski definition) is 9. The number of hydrogen-bond acceptors (Lipinski definition) is 9. The lowest BCUT2D eigenvalue weighted by atomic mass is 10.0. The molecule has 15 heteroatoms. The second-order valence-electron chi connectivity index (χ2n) is 8.12. The molecule has 10 N–H and O–H groups in total. The average Bonchev–Trinajstić information content (AvgIpc) is 2.83. The van der Waals surface area contributed by atoms with Crippen molar-refractivity contribution in [1.29, 1.82) is 0 Å². The Labute approximate surface area is 217 Å². The molecule has 1 aromatic carbocycles. The molecule has 0 saturated heterocycles. The Balaban J connectivity index is 3.17. The highest BCUT2D eigenvalue weighted by Gasteiger charge is 2.30. The number of aliphatic carboxylic acids is 2. The summed E-state index contributed by atoms with van der Waals surface area (Å²) in [5.41, 5.74) is 11.1. The van der Waals surface area contributed by atoms with Crippen molar-refractivity contribution in [3.63, 3.8) is 0 Å². The molecule has 4 unspecified atom stereocenters. The molecule has 0 saturated carbocycles. The fourth-order valence-corrected chi connectivity index (χ4v) is 3.23. The minimum atomic E-state index is -1.49. The molecule has 4 amide bonds. The first kappa shape index (κ1) is 31.2. The third-order valence-corrected chi connectivity index (χ3v) is 5.51. The number of carbonyl (C=O) groups is 6. The van der Waals surface area contributed by atoms with Gasteiger partial charge in [0, 0.05) is 25.0 Å². The molecular formula is C22H31N5O9S. The van der Waals surface area contributed by atoms with E-state index >= 15 is 0 Å². The van der Waals surface area contributed by atoms with E-state index in [1.807, 2.05) is 0 Å². The summed E-state index contributed by atoms with van der Waals surface area (Å²) in [6.07, 6.45) is -1.58. The summed E-state index contributed by atoms with van der Waals surface area (Å²) in [7, 11) is 0. The van der Waals surface area contributed by atoms with E-state index in [1.165, 1.54) is 24.3 Å². The van der Waals surface area contributed by atoms with Gasteiger partial charge in [0.15, 0.2) is 0 Å². The first-order valence-corrected chi connectivity index (χ1v) is 11.8. The summed E-state index contributed by atoms with van der Waals surface area (Å²) in [6, 6.07) is 0.292. The number of aromatic hydroxyl groups is 1. The molecule has 0 fully saturated rings. The van der Waals surface area contributed by atoms with Crippen molar-refractivity contribution in [2.24, 2.45) is 11.5 Å². The van der Waals surface area contributed by atoms with E-state index in [1.54, 1.807) is 0 Å². The highest BCUT2D eigenvalue weighted by Crippen LogP contribution is 2.12. The summed E-state index contributed by atoms with van der Waals surface area (Å²) >= 11 is 3.91. The van der Waals surface area contributed by atoms with Crippen LogP contribution in [0.5, 0.6) is 5.75 Å². The maximum Gasteiger partial charge on any atom is 0.326 e. The second-order valence-corrected chi connectivity index (χ2v) is 8.48. The van der Waals surface area contributed by atoms with Gasteiger partial charge in [-0.1, -0.05) is 12.1 Å². The lowest BCUT2D eigenvalue weighted by Crippen LogP contribution is -2.57. The molecule has 1 rings (SSSR count). The maximum absolute atomic E-state index is 13.0. The van der Waals surface area contributed by atoms with Crippen LogP contribution in [0.1, 0.15) is 31.2 Å². The summed E-state index contributed by atoms with van der Waals surface area (Å²) in [6.45, 7) is 0. The number of rotatable bonds is 16. The molecule has 0 aliphatic carbocycles. The highest BCUT2D eigenvalue weighted by molar-refractivity contribution is 7.80. The van der Waals surface area contributed by atoms with Crippen LogP contribution in [0.3, 0.4) is 0 Å². The summed E-state index contributed by atoms with van der Waals surface area (Å²) in [4.78, 5) is 71.9. The second kappa shape index (κ2) is 15.3. The zero-order valence-electron chi connectivity index (χ0n) is 19.8. The topological polar surface area (TPSA) is 251 Å². The molecule has 4 atom stereocenters. The van der Waals surface area contributed by atoms with Crippen LogP contribution in [-0.4, -0.2) is 80.8 Å². The highest BCUT2D eigenvalue weighted by atomic mass is 32.1. The van der Waals surface area contributed by atoms with Gasteiger partial charge in [-0.25, -0.2) is 4.79 Å². The molecule has 0 radical (unpaired) electrons. The molecule has 0 aromatic heterocycles. The normalized spacial score (nSPS) is 13.9. The van der Waals surface area contributed by atoms with Crippen molar-refractivity contribution in [3.05, 3.63) is 29.8 Å². The molecule has 1 aromatic rings. The summed E-state index contributed by atoms with van der Waals surface area (Å²) < 4.78 is 0. The fraction of sp³-hybridized carbons (Fsp3) is 0.455. The predicted molar refractivity (Wildman–Crippen MR) is 132 cm³/mol. The predicted octanol–water partition coefficient (Wildman–Crippen LogP) is -2.14. The third kappa shape index (κ3) is 11.6. The third-order valence-electron chi connectivity index (χ3n) is 5.12. The Morgan fingerprint density at radius 1 is 0.811 bits per heavy atom. The van der Waals surface area contributed by atoms with Crippen molar-refractivity contribution in [2.75, 3.05) is 5.75 Å². The van der Waals surface area contributed by atoms with Crippen molar-refractivity contribution < 1.29 is 44.1 Å². The fourth-order valence-electron chi connectivity index (χ4n) is 3.06. The van der Waals surface area contributed by atoms with E-state index in [-0.39, 0.29) is 37.2 Å². The number of benzene rings is 1. The molecule has 0 heterocycles. The SMILES string of the molecule is NC(=O)CCC(NC(=O)C(Cc1ccc(O)cc1)NC(=O)C(CCC(=O)O)NC(=O)C(N)CS)C(=O)O. The number of nitrogens with one attached hydrogen (secondary N) is 3. The zero-order valence-corrected chi connectivity index (χ0v) is 20.6. The van der Waals surface area contributed by atoms with Crippen LogP contribution in [0, 0.1) is 0 Å². The summed E-state index contributed by atoms with van der Waals surface area (Å²) in [5.74, 6) is -6.14. The number of phenols is 1. The Morgan fingerprint density at radius 3 is 1.84 bits per heavy atom. The number of carboxylic acid groups (broad SMARTS) is 2. The van der Waals surface area contributed by atoms with E-state index in [9.17, 15) is 39.0 Å². The van der Waals surface area contributed by atoms with Crippen molar-refractivity contribution in [2.45, 2.75) is 56.3 Å². The van der Waals surface area contributed by atoms with E-state index in [4.69, 9.17) is 16.6 Å². The Hall–Kier alpha value is -3.85. The van der Waals surface area contributed by atoms with Crippen molar-refractivity contribution >= 4 is 48.2 Å². The van der Waals surface area contributed by atoms with Gasteiger partial charge in [0.2, 0.25) is 23.6 Å². The number of thiol groups is 1. The van der Waals surface area contributed by atoms with Crippen LogP contribution in [0.2, 0.25) is 0 Å². The Morgan fingerprint density at radius 2 is 1.32 bits per heavy atom. The molecule has 14 nitrogen and oxygen atoms in total. The Kier molecular flexibility index (Phi) is 12.9. The number of nitrogens with two attached hydrogens (primary N) is 2. The van der Waals surface area contributed by atoms with Crippen molar-refractivity contribution in [3.8, 4) is 5.75 Å². The number of primary amides is 1.